The SMILES string of the molecule is O=[N+]([O-])c1cnc2c(c1)c(C1CCC1)cn2S(=O)(=O)c1ccccc1. The van der Waals surface area contributed by atoms with Gasteiger partial charge >= 0.3 is 0 Å². The number of hydrogen-bond acceptors (Lipinski definition) is 5. The number of hydrogen-bond donors (Lipinski definition) is 0. The summed E-state index contributed by atoms with van der Waals surface area (Å²) in [5.41, 5.74) is 0.913. The fraction of sp³-hybridized carbons (Fsp3) is 0.235. The molecule has 0 saturated heterocycles. The molecule has 1 aliphatic carbocycles. The van der Waals surface area contributed by atoms with E-state index in [1.54, 1.807) is 24.4 Å². The first-order valence-corrected chi connectivity index (χ1v) is 9.38. The third-order valence-corrected chi connectivity index (χ3v) is 6.35. The molecule has 8 heteroatoms. The molecule has 0 unspecified atom stereocenters. The van der Waals surface area contributed by atoms with Crippen LogP contribution in [0.15, 0.2) is 53.7 Å². The summed E-state index contributed by atoms with van der Waals surface area (Å²) < 4.78 is 27.1. The van der Waals surface area contributed by atoms with Crippen LogP contribution in [0.5, 0.6) is 0 Å². The van der Waals surface area contributed by atoms with E-state index in [4.69, 9.17) is 0 Å². The summed E-state index contributed by atoms with van der Waals surface area (Å²) in [5.74, 6) is 0.221. The molecular weight excluding hydrogens is 342 g/mol. The zero-order valence-electron chi connectivity index (χ0n) is 13.2. The normalized spacial score (nSPS) is 15.2. The molecule has 0 amide bonds. The molecule has 2 aromatic heterocycles. The maximum absolute atomic E-state index is 13.0. The first-order valence-electron chi connectivity index (χ1n) is 7.94. The second kappa shape index (κ2) is 5.66. The highest BCUT2D eigenvalue weighted by molar-refractivity contribution is 7.90. The van der Waals surface area contributed by atoms with Gasteiger partial charge in [-0.05, 0) is 36.5 Å². The van der Waals surface area contributed by atoms with Gasteiger partial charge in [0, 0.05) is 17.6 Å². The van der Waals surface area contributed by atoms with Gasteiger partial charge in [0.15, 0.2) is 5.65 Å². The number of pyridine rings is 1. The van der Waals surface area contributed by atoms with Crippen molar-refractivity contribution < 1.29 is 13.3 Å². The first-order chi connectivity index (χ1) is 12.0. The molecule has 1 fully saturated rings. The first kappa shape index (κ1) is 15.8. The zero-order valence-corrected chi connectivity index (χ0v) is 14.0. The van der Waals surface area contributed by atoms with Crippen LogP contribution in [0.2, 0.25) is 0 Å². The van der Waals surface area contributed by atoms with Crippen molar-refractivity contribution >= 4 is 26.7 Å². The number of benzene rings is 1. The van der Waals surface area contributed by atoms with Crippen LogP contribution in [0, 0.1) is 10.1 Å². The Morgan fingerprint density at radius 2 is 1.92 bits per heavy atom. The van der Waals surface area contributed by atoms with Crippen molar-refractivity contribution in [1.29, 1.82) is 0 Å². The van der Waals surface area contributed by atoms with Gasteiger partial charge in [-0.3, -0.25) is 10.1 Å². The Morgan fingerprint density at radius 3 is 2.52 bits per heavy atom. The summed E-state index contributed by atoms with van der Waals surface area (Å²) in [5, 5.41) is 11.6. The molecule has 128 valence electrons. The maximum atomic E-state index is 13.0. The van der Waals surface area contributed by atoms with Crippen LogP contribution in [0.1, 0.15) is 30.7 Å². The molecule has 7 nitrogen and oxygen atoms in total. The van der Waals surface area contributed by atoms with E-state index in [1.807, 2.05) is 0 Å². The molecule has 0 aliphatic heterocycles. The van der Waals surface area contributed by atoms with E-state index in [0.29, 0.717) is 5.39 Å². The molecule has 0 bridgehead atoms. The standard InChI is InChI=1S/C17H15N3O4S/c21-20(22)13-9-15-16(12-5-4-6-12)11-19(17(15)18-10-13)25(23,24)14-7-2-1-3-8-14/h1-3,7-12H,4-6H2. The number of rotatable bonds is 4. The Bertz CT molecular complexity index is 1070. The number of nitrogens with zero attached hydrogens (tertiary/aromatic N) is 3. The summed E-state index contributed by atoms with van der Waals surface area (Å²) >= 11 is 0. The predicted molar refractivity (Wildman–Crippen MR) is 92.0 cm³/mol. The third kappa shape index (κ3) is 2.49. The second-order valence-electron chi connectivity index (χ2n) is 6.15. The smallest absolute Gasteiger partial charge is 0.258 e. The molecule has 0 atom stereocenters. The van der Waals surface area contributed by atoms with Gasteiger partial charge in [-0.2, -0.15) is 0 Å². The van der Waals surface area contributed by atoms with Gasteiger partial charge in [0.05, 0.1) is 9.82 Å². The lowest BCUT2D eigenvalue weighted by atomic mass is 9.80. The van der Waals surface area contributed by atoms with Gasteiger partial charge in [0.1, 0.15) is 6.20 Å². The second-order valence-corrected chi connectivity index (χ2v) is 7.96. The van der Waals surface area contributed by atoms with Crippen LogP contribution < -0.4 is 0 Å². The van der Waals surface area contributed by atoms with Crippen LogP contribution in [0.4, 0.5) is 5.69 Å². The van der Waals surface area contributed by atoms with Gasteiger partial charge in [-0.25, -0.2) is 17.4 Å². The van der Waals surface area contributed by atoms with Crippen molar-refractivity contribution in [3.05, 3.63) is 64.5 Å². The quantitative estimate of drug-likeness (QED) is 0.526. The third-order valence-electron chi connectivity index (χ3n) is 4.68. The highest BCUT2D eigenvalue weighted by atomic mass is 32.2. The minimum atomic E-state index is -3.81. The number of fused-ring (bicyclic) bond motifs is 1. The minimum absolute atomic E-state index is 0.136. The largest absolute Gasteiger partial charge is 0.288 e. The van der Waals surface area contributed by atoms with Crippen molar-refractivity contribution in [2.75, 3.05) is 0 Å². The van der Waals surface area contributed by atoms with Crippen molar-refractivity contribution in [3.8, 4) is 0 Å². The van der Waals surface area contributed by atoms with Gasteiger partial charge in [-0.1, -0.05) is 24.6 Å². The highest BCUT2D eigenvalue weighted by Crippen LogP contribution is 2.41. The number of nitro groups is 1. The van der Waals surface area contributed by atoms with E-state index in [-0.39, 0.29) is 22.1 Å². The van der Waals surface area contributed by atoms with Gasteiger partial charge in [-0.15, -0.1) is 0 Å². The van der Waals surface area contributed by atoms with Crippen molar-refractivity contribution in [3.63, 3.8) is 0 Å². The summed E-state index contributed by atoms with van der Waals surface area (Å²) in [6, 6.07) is 9.53. The lowest BCUT2D eigenvalue weighted by molar-refractivity contribution is -0.385. The lowest BCUT2D eigenvalue weighted by Crippen LogP contribution is -2.13. The van der Waals surface area contributed by atoms with Crippen LogP contribution in [0.3, 0.4) is 0 Å². The van der Waals surface area contributed by atoms with E-state index in [1.165, 1.54) is 18.2 Å². The molecule has 1 saturated carbocycles. The molecular formula is C17H15N3O4S. The van der Waals surface area contributed by atoms with Gasteiger partial charge in [0.2, 0.25) is 0 Å². The Morgan fingerprint density at radius 1 is 1.20 bits per heavy atom. The molecule has 3 aromatic rings. The van der Waals surface area contributed by atoms with Gasteiger partial charge in [0.25, 0.3) is 15.7 Å². The summed E-state index contributed by atoms with van der Waals surface area (Å²) in [7, 11) is -3.81. The summed E-state index contributed by atoms with van der Waals surface area (Å²) in [4.78, 5) is 14.8. The molecule has 1 aliphatic rings. The highest BCUT2D eigenvalue weighted by Gasteiger charge is 2.29. The molecule has 1 aromatic carbocycles. The Kier molecular flexibility index (Phi) is 3.57. The fourth-order valence-electron chi connectivity index (χ4n) is 3.13. The average Bonchev–Trinajstić information content (AvgIpc) is 2.93. The Labute approximate surface area is 144 Å². The van der Waals surface area contributed by atoms with Crippen molar-refractivity contribution in [1.82, 2.24) is 8.96 Å². The van der Waals surface area contributed by atoms with E-state index in [0.717, 1.165) is 35.0 Å². The maximum Gasteiger partial charge on any atom is 0.288 e. The predicted octanol–water partition coefficient (Wildman–Crippen LogP) is 3.45. The van der Waals surface area contributed by atoms with E-state index < -0.39 is 14.9 Å². The van der Waals surface area contributed by atoms with Crippen LogP contribution >= 0.6 is 0 Å². The summed E-state index contributed by atoms with van der Waals surface area (Å²) in [6.45, 7) is 0. The van der Waals surface area contributed by atoms with E-state index >= 15 is 0 Å². The molecule has 0 N–H and O–H groups in total. The summed E-state index contributed by atoms with van der Waals surface area (Å²) in [6.07, 6.45) is 5.66. The van der Waals surface area contributed by atoms with Crippen LogP contribution in [-0.2, 0) is 10.0 Å². The molecule has 0 spiro atoms. The average molecular weight is 357 g/mol. The van der Waals surface area contributed by atoms with Crippen LogP contribution in [0.25, 0.3) is 11.0 Å². The Balaban J connectivity index is 1.97. The van der Waals surface area contributed by atoms with E-state index in [2.05, 4.69) is 4.98 Å². The minimum Gasteiger partial charge on any atom is -0.258 e. The molecule has 4 rings (SSSR count). The molecule has 25 heavy (non-hydrogen) atoms. The number of aromatic nitrogens is 2. The van der Waals surface area contributed by atoms with Crippen molar-refractivity contribution in [2.45, 2.75) is 30.1 Å². The van der Waals surface area contributed by atoms with E-state index in [9.17, 15) is 18.5 Å². The molecule has 2 heterocycles. The van der Waals surface area contributed by atoms with Crippen LogP contribution in [-0.4, -0.2) is 22.3 Å². The zero-order chi connectivity index (χ0) is 17.6. The van der Waals surface area contributed by atoms with Gasteiger partial charge < -0.3 is 0 Å². The monoisotopic (exact) mass is 357 g/mol. The van der Waals surface area contributed by atoms with Crippen molar-refractivity contribution in [2.24, 2.45) is 0 Å². The Hall–Kier alpha value is -2.74. The lowest BCUT2D eigenvalue weighted by Gasteiger charge is -2.24. The topological polar surface area (TPSA) is 95.1 Å². The molecule has 0 radical (unpaired) electrons. The fourth-order valence-corrected chi connectivity index (χ4v) is 4.48.